The van der Waals surface area contributed by atoms with E-state index in [-0.39, 0.29) is 17.9 Å². The molecule has 0 aromatic carbocycles. The van der Waals surface area contributed by atoms with Gasteiger partial charge in [-0.25, -0.2) is 0 Å². The molecule has 25 heavy (non-hydrogen) atoms. The van der Waals surface area contributed by atoms with Crippen LogP contribution >= 0.6 is 0 Å². The summed E-state index contributed by atoms with van der Waals surface area (Å²) in [7, 11) is 0. The van der Waals surface area contributed by atoms with Crippen LogP contribution in [0, 0.1) is 12.8 Å². The Balaban J connectivity index is 1.40. The topological polar surface area (TPSA) is 79.3 Å². The monoisotopic (exact) mass is 347 g/mol. The van der Waals surface area contributed by atoms with Crippen LogP contribution in [0.5, 0.6) is 0 Å². The normalized spacial score (nSPS) is 23.6. The number of aryl methyl sites for hydroxylation is 2. The highest BCUT2D eigenvalue weighted by atomic mass is 16.2. The quantitative estimate of drug-likeness (QED) is 0.793. The van der Waals surface area contributed by atoms with Gasteiger partial charge < -0.3 is 15.5 Å². The number of nitrogens with one attached hydrogen (secondary N) is 2. The number of amides is 2. The van der Waals surface area contributed by atoms with Gasteiger partial charge in [-0.15, -0.1) is 0 Å². The number of aromatic nitrogens is 2. The summed E-state index contributed by atoms with van der Waals surface area (Å²) in [5.41, 5.74) is 1.11. The molecule has 2 fully saturated rings. The smallest absolute Gasteiger partial charge is 0.237 e. The molecule has 2 saturated heterocycles. The van der Waals surface area contributed by atoms with E-state index in [1.165, 1.54) is 0 Å². The molecule has 0 bridgehead atoms. The number of hydrogen-bond donors (Lipinski definition) is 2. The molecular weight excluding hydrogens is 318 g/mol. The molecule has 1 aromatic rings. The van der Waals surface area contributed by atoms with Gasteiger partial charge in [0.1, 0.15) is 0 Å². The van der Waals surface area contributed by atoms with Gasteiger partial charge in [0.15, 0.2) is 0 Å². The van der Waals surface area contributed by atoms with Crippen LogP contribution in [0.15, 0.2) is 12.4 Å². The lowest BCUT2D eigenvalue weighted by Gasteiger charge is -2.33. The molecule has 3 rings (SSSR count). The maximum absolute atomic E-state index is 12.5. The molecule has 138 valence electrons. The summed E-state index contributed by atoms with van der Waals surface area (Å²) in [4.78, 5) is 26.5. The molecule has 1 aromatic heterocycles. The highest BCUT2D eigenvalue weighted by Gasteiger charge is 2.26. The average molecular weight is 347 g/mol. The molecule has 0 aliphatic carbocycles. The molecule has 2 N–H and O–H groups in total. The van der Waals surface area contributed by atoms with Crippen LogP contribution in [0.2, 0.25) is 0 Å². The Hall–Kier alpha value is -1.89. The highest BCUT2D eigenvalue weighted by Crippen LogP contribution is 2.17. The van der Waals surface area contributed by atoms with Crippen LogP contribution in [-0.2, 0) is 16.1 Å². The predicted octanol–water partition coefficient (Wildman–Crippen LogP) is 0.688. The first-order valence-electron chi connectivity index (χ1n) is 9.40. The van der Waals surface area contributed by atoms with E-state index in [0.29, 0.717) is 25.4 Å². The minimum atomic E-state index is -0.0288. The molecule has 3 heterocycles. The Morgan fingerprint density at radius 2 is 2.24 bits per heavy atom. The van der Waals surface area contributed by atoms with E-state index < -0.39 is 0 Å². The van der Waals surface area contributed by atoms with E-state index in [9.17, 15) is 9.59 Å². The van der Waals surface area contributed by atoms with Crippen LogP contribution in [-0.4, -0.2) is 58.7 Å². The summed E-state index contributed by atoms with van der Waals surface area (Å²) in [6.45, 7) is 5.79. The molecule has 7 heteroatoms. The van der Waals surface area contributed by atoms with Gasteiger partial charge in [0, 0.05) is 38.8 Å². The average Bonchev–Trinajstić information content (AvgIpc) is 3.29. The van der Waals surface area contributed by atoms with Crippen molar-refractivity contribution in [3.8, 4) is 0 Å². The Morgan fingerprint density at radius 1 is 1.36 bits per heavy atom. The van der Waals surface area contributed by atoms with Crippen molar-refractivity contribution in [2.45, 2.75) is 51.6 Å². The number of carbonyl (C=O) groups excluding carboxylic acids is 2. The van der Waals surface area contributed by atoms with Gasteiger partial charge in [-0.3, -0.25) is 14.3 Å². The second kappa shape index (κ2) is 8.47. The third-order valence-electron chi connectivity index (χ3n) is 5.13. The maximum atomic E-state index is 12.5. The van der Waals surface area contributed by atoms with Crippen LogP contribution in [0.25, 0.3) is 0 Å². The Labute approximate surface area is 149 Å². The summed E-state index contributed by atoms with van der Waals surface area (Å²) in [6, 6.07) is -0.0288. The third kappa shape index (κ3) is 5.04. The van der Waals surface area contributed by atoms with E-state index in [0.717, 1.165) is 50.9 Å². The summed E-state index contributed by atoms with van der Waals surface area (Å²) in [6.07, 6.45) is 8.32. The Kier molecular flexibility index (Phi) is 6.07. The highest BCUT2D eigenvalue weighted by molar-refractivity contribution is 5.82. The molecule has 0 radical (unpaired) electrons. The number of nitrogens with zero attached hydrogens (tertiary/aromatic N) is 3. The van der Waals surface area contributed by atoms with Gasteiger partial charge in [0.25, 0.3) is 0 Å². The molecule has 0 saturated carbocycles. The molecule has 2 amide bonds. The van der Waals surface area contributed by atoms with Gasteiger partial charge in [-0.2, -0.15) is 5.10 Å². The number of piperidine rings is 1. The van der Waals surface area contributed by atoms with Gasteiger partial charge >= 0.3 is 0 Å². The first-order valence-corrected chi connectivity index (χ1v) is 9.40. The predicted molar refractivity (Wildman–Crippen MR) is 94.9 cm³/mol. The minimum absolute atomic E-state index is 0.0288. The van der Waals surface area contributed by atoms with Crippen molar-refractivity contribution < 1.29 is 9.59 Å². The van der Waals surface area contributed by atoms with Crippen molar-refractivity contribution >= 4 is 11.8 Å². The lowest BCUT2D eigenvalue weighted by atomic mass is 9.97. The fraction of sp³-hybridized carbons (Fsp3) is 0.722. The van der Waals surface area contributed by atoms with Gasteiger partial charge in [-0.1, -0.05) is 0 Å². The van der Waals surface area contributed by atoms with Crippen molar-refractivity contribution in [3.05, 3.63) is 18.0 Å². The number of rotatable bonds is 6. The Bertz CT molecular complexity index is 594. The van der Waals surface area contributed by atoms with Crippen molar-refractivity contribution in [1.29, 1.82) is 0 Å². The third-order valence-corrected chi connectivity index (χ3v) is 5.13. The van der Waals surface area contributed by atoms with Crippen molar-refractivity contribution in [2.24, 2.45) is 5.92 Å². The van der Waals surface area contributed by atoms with E-state index in [4.69, 9.17) is 0 Å². The Morgan fingerprint density at radius 3 is 2.96 bits per heavy atom. The zero-order valence-electron chi connectivity index (χ0n) is 15.0. The maximum Gasteiger partial charge on any atom is 0.237 e. The molecule has 0 spiro atoms. The molecule has 7 nitrogen and oxygen atoms in total. The standard InChI is InChI=1S/C18H29N5O2/c1-14-10-21-23(12-14)9-6-17(24)22-8-3-4-15(13-22)11-20-18(25)16-5-2-7-19-16/h10,12,15-16,19H,2-9,11,13H2,1H3,(H,20,25). The second-order valence-corrected chi connectivity index (χ2v) is 7.27. The zero-order chi connectivity index (χ0) is 17.6. The molecule has 2 unspecified atom stereocenters. The van der Waals surface area contributed by atoms with E-state index >= 15 is 0 Å². The lowest BCUT2D eigenvalue weighted by molar-refractivity contribution is -0.133. The fourth-order valence-electron chi connectivity index (χ4n) is 3.69. The molecule has 2 atom stereocenters. The van der Waals surface area contributed by atoms with Crippen LogP contribution < -0.4 is 10.6 Å². The molecule has 2 aliphatic heterocycles. The van der Waals surface area contributed by atoms with E-state index in [1.54, 1.807) is 0 Å². The van der Waals surface area contributed by atoms with Gasteiger partial charge in [-0.05, 0) is 50.6 Å². The number of carbonyl (C=O) groups is 2. The SMILES string of the molecule is Cc1cnn(CCC(=O)N2CCCC(CNC(=O)C3CCCN3)C2)c1. The van der Waals surface area contributed by atoms with Crippen molar-refractivity contribution in [3.63, 3.8) is 0 Å². The summed E-state index contributed by atoms with van der Waals surface area (Å²) >= 11 is 0. The summed E-state index contributed by atoms with van der Waals surface area (Å²) < 4.78 is 1.82. The minimum Gasteiger partial charge on any atom is -0.354 e. The van der Waals surface area contributed by atoms with Crippen LogP contribution in [0.1, 0.15) is 37.7 Å². The van der Waals surface area contributed by atoms with Crippen molar-refractivity contribution in [1.82, 2.24) is 25.3 Å². The van der Waals surface area contributed by atoms with E-state index in [1.807, 2.05) is 28.9 Å². The largest absolute Gasteiger partial charge is 0.354 e. The summed E-state index contributed by atoms with van der Waals surface area (Å²) in [5, 5.41) is 10.5. The number of likely N-dealkylation sites (tertiary alicyclic amines) is 1. The van der Waals surface area contributed by atoms with E-state index in [2.05, 4.69) is 15.7 Å². The van der Waals surface area contributed by atoms with Gasteiger partial charge in [0.2, 0.25) is 11.8 Å². The van der Waals surface area contributed by atoms with Crippen LogP contribution in [0.3, 0.4) is 0 Å². The first kappa shape index (κ1) is 17.9. The molecule has 2 aliphatic rings. The first-order chi connectivity index (χ1) is 12.1. The summed E-state index contributed by atoms with van der Waals surface area (Å²) in [5.74, 6) is 0.645. The van der Waals surface area contributed by atoms with Gasteiger partial charge in [0.05, 0.1) is 12.2 Å². The number of hydrogen-bond acceptors (Lipinski definition) is 4. The lowest BCUT2D eigenvalue weighted by Crippen LogP contribution is -2.46. The molecular formula is C18H29N5O2. The zero-order valence-corrected chi connectivity index (χ0v) is 15.0. The van der Waals surface area contributed by atoms with Crippen LogP contribution in [0.4, 0.5) is 0 Å². The fourth-order valence-corrected chi connectivity index (χ4v) is 3.69. The second-order valence-electron chi connectivity index (χ2n) is 7.27. The van der Waals surface area contributed by atoms with Crippen molar-refractivity contribution in [2.75, 3.05) is 26.2 Å².